The number of nitrogens with zero attached hydrogens (tertiary/aromatic N) is 2. The Morgan fingerprint density at radius 3 is 2.76 bits per heavy atom. The maximum atomic E-state index is 11.3. The molecule has 6 heteroatoms. The van der Waals surface area contributed by atoms with Gasteiger partial charge in [-0.05, 0) is 36.8 Å². The minimum atomic E-state index is -0.529. The third-order valence-electron chi connectivity index (χ3n) is 3.92. The molecule has 0 aliphatic carbocycles. The highest BCUT2D eigenvalue weighted by Gasteiger charge is 2.09. The van der Waals surface area contributed by atoms with Crippen LogP contribution in [0, 0.1) is 0 Å². The Labute approximate surface area is 146 Å². The average molecular weight is 338 g/mol. The van der Waals surface area contributed by atoms with E-state index in [1.54, 1.807) is 6.07 Å². The Morgan fingerprint density at radius 1 is 1.16 bits per heavy atom. The van der Waals surface area contributed by atoms with Gasteiger partial charge in [-0.15, -0.1) is 0 Å². The fourth-order valence-corrected chi connectivity index (χ4v) is 2.82. The van der Waals surface area contributed by atoms with Crippen LogP contribution in [0.4, 0.5) is 11.4 Å². The summed E-state index contributed by atoms with van der Waals surface area (Å²) in [4.78, 5) is 16.0. The minimum absolute atomic E-state index is 0.429. The summed E-state index contributed by atoms with van der Waals surface area (Å²) >= 11 is 0. The molecular weight excluding hydrogens is 316 g/mol. The Balaban J connectivity index is 1.77. The van der Waals surface area contributed by atoms with E-state index in [0.717, 1.165) is 35.5 Å². The minimum Gasteiger partial charge on any atom is -0.387 e. The molecule has 2 aromatic carbocycles. The molecule has 0 atom stereocenters. The van der Waals surface area contributed by atoms with E-state index >= 15 is 0 Å². The number of rotatable bonds is 7. The van der Waals surface area contributed by atoms with Crippen molar-refractivity contribution in [2.45, 2.75) is 26.4 Å². The number of aliphatic hydroxyl groups is 1. The van der Waals surface area contributed by atoms with Crippen molar-refractivity contribution < 1.29 is 9.90 Å². The van der Waals surface area contributed by atoms with Crippen LogP contribution in [-0.2, 0) is 17.9 Å². The van der Waals surface area contributed by atoms with Crippen molar-refractivity contribution in [1.29, 1.82) is 0 Å². The Morgan fingerprint density at radius 2 is 1.96 bits per heavy atom. The topological polar surface area (TPSA) is 79.2 Å². The number of hydrogen-bond acceptors (Lipinski definition) is 4. The number of aromatic nitrogens is 2. The molecule has 1 heterocycles. The molecule has 0 bridgehead atoms. The van der Waals surface area contributed by atoms with Crippen molar-refractivity contribution in [3.63, 3.8) is 0 Å². The summed E-state index contributed by atoms with van der Waals surface area (Å²) in [5, 5.41) is 14.8. The quantitative estimate of drug-likeness (QED) is 0.619. The van der Waals surface area contributed by atoms with E-state index in [1.807, 2.05) is 36.4 Å². The molecule has 130 valence electrons. The molecule has 0 aliphatic heterocycles. The van der Waals surface area contributed by atoms with Gasteiger partial charge in [0.2, 0.25) is 5.91 Å². The summed E-state index contributed by atoms with van der Waals surface area (Å²) in [7, 11) is 0. The molecule has 0 fully saturated rings. The van der Waals surface area contributed by atoms with Gasteiger partial charge in [-0.3, -0.25) is 4.79 Å². The zero-order chi connectivity index (χ0) is 17.6. The zero-order valence-electron chi connectivity index (χ0n) is 14.2. The average Bonchev–Trinajstić information content (AvgIpc) is 2.98. The number of benzene rings is 2. The number of imidazole rings is 1. The van der Waals surface area contributed by atoms with E-state index < -0.39 is 12.5 Å². The number of carbonyl (C=O) groups is 1. The summed E-state index contributed by atoms with van der Waals surface area (Å²) < 4.78 is 2.24. The van der Waals surface area contributed by atoms with Gasteiger partial charge in [0.25, 0.3) is 0 Å². The third kappa shape index (κ3) is 3.97. The second-order valence-corrected chi connectivity index (χ2v) is 5.81. The number of nitrogens with one attached hydrogen (secondary N) is 2. The monoisotopic (exact) mass is 338 g/mol. The Kier molecular flexibility index (Phi) is 5.30. The van der Waals surface area contributed by atoms with Crippen molar-refractivity contribution in [3.8, 4) is 0 Å². The lowest BCUT2D eigenvalue weighted by atomic mass is 10.2. The van der Waals surface area contributed by atoms with E-state index in [1.165, 1.54) is 0 Å². The molecular formula is C19H22N4O2. The van der Waals surface area contributed by atoms with Gasteiger partial charge in [-0.25, -0.2) is 4.98 Å². The molecule has 3 aromatic rings. The van der Waals surface area contributed by atoms with Gasteiger partial charge in [-0.1, -0.05) is 25.1 Å². The normalized spacial score (nSPS) is 10.8. The van der Waals surface area contributed by atoms with Crippen LogP contribution >= 0.6 is 0 Å². The highest BCUT2D eigenvalue weighted by molar-refractivity contribution is 5.91. The van der Waals surface area contributed by atoms with Gasteiger partial charge < -0.3 is 20.3 Å². The smallest absolute Gasteiger partial charge is 0.250 e. The second kappa shape index (κ2) is 7.81. The van der Waals surface area contributed by atoms with Crippen LogP contribution in [0.3, 0.4) is 0 Å². The molecule has 0 radical (unpaired) electrons. The first-order valence-electron chi connectivity index (χ1n) is 8.40. The fraction of sp³-hybridized carbons (Fsp3) is 0.263. The number of carbonyl (C=O) groups excluding carboxylic acids is 1. The van der Waals surface area contributed by atoms with Crippen LogP contribution in [0.15, 0.2) is 48.5 Å². The van der Waals surface area contributed by atoms with Crippen molar-refractivity contribution in [3.05, 3.63) is 54.4 Å². The number of fused-ring (bicyclic) bond motifs is 1. The maximum Gasteiger partial charge on any atom is 0.250 e. The lowest BCUT2D eigenvalue weighted by Crippen LogP contribution is -2.15. The maximum absolute atomic E-state index is 11.3. The molecule has 6 nitrogen and oxygen atoms in total. The van der Waals surface area contributed by atoms with Crippen molar-refractivity contribution in [2.24, 2.45) is 0 Å². The van der Waals surface area contributed by atoms with Crippen LogP contribution in [0.1, 0.15) is 19.2 Å². The number of amides is 1. The number of aryl methyl sites for hydroxylation is 1. The first-order valence-corrected chi connectivity index (χ1v) is 8.40. The van der Waals surface area contributed by atoms with E-state index in [0.29, 0.717) is 12.2 Å². The van der Waals surface area contributed by atoms with Gasteiger partial charge >= 0.3 is 0 Å². The first-order chi connectivity index (χ1) is 12.2. The third-order valence-corrected chi connectivity index (χ3v) is 3.92. The first kappa shape index (κ1) is 17.0. The number of hydrogen-bond donors (Lipinski definition) is 3. The second-order valence-electron chi connectivity index (χ2n) is 5.81. The molecule has 1 aromatic heterocycles. The van der Waals surface area contributed by atoms with Crippen molar-refractivity contribution in [1.82, 2.24) is 9.55 Å². The number of anilines is 2. The summed E-state index contributed by atoms with van der Waals surface area (Å²) in [5.74, 6) is 0.551. The Bertz CT molecular complexity index is 873. The molecule has 25 heavy (non-hydrogen) atoms. The molecule has 0 spiro atoms. The molecule has 0 unspecified atom stereocenters. The van der Waals surface area contributed by atoms with Crippen LogP contribution < -0.4 is 10.6 Å². The van der Waals surface area contributed by atoms with E-state index in [9.17, 15) is 4.79 Å². The van der Waals surface area contributed by atoms with Gasteiger partial charge in [0.05, 0.1) is 17.6 Å². The Hall–Kier alpha value is -2.86. The summed E-state index contributed by atoms with van der Waals surface area (Å²) in [6.07, 6.45) is 1.04. The molecule has 0 saturated heterocycles. The fourth-order valence-electron chi connectivity index (χ4n) is 2.82. The van der Waals surface area contributed by atoms with Crippen LogP contribution in [0.5, 0.6) is 0 Å². The lowest BCUT2D eigenvalue weighted by Gasteiger charge is -2.11. The standard InChI is InChI=1S/C19H22N4O2/c1-2-10-23-17-9-4-3-8-16(17)22-18(23)12-20-14-6-5-7-15(11-14)21-19(25)13-24/h3-9,11,20,24H,2,10,12-13H2,1H3,(H,21,25). The lowest BCUT2D eigenvalue weighted by molar-refractivity contribution is -0.118. The van der Waals surface area contributed by atoms with Crippen molar-refractivity contribution >= 4 is 28.3 Å². The summed E-state index contributed by atoms with van der Waals surface area (Å²) in [6.45, 7) is 3.13. The molecule has 3 N–H and O–H groups in total. The largest absolute Gasteiger partial charge is 0.387 e. The molecule has 3 rings (SSSR count). The highest BCUT2D eigenvalue weighted by atomic mass is 16.3. The highest BCUT2D eigenvalue weighted by Crippen LogP contribution is 2.19. The van der Waals surface area contributed by atoms with Gasteiger partial charge in [0.15, 0.2) is 0 Å². The van der Waals surface area contributed by atoms with E-state index in [2.05, 4.69) is 28.2 Å². The molecule has 0 saturated carbocycles. The SMILES string of the molecule is CCCn1c(CNc2cccc(NC(=O)CO)c2)nc2ccccc21. The zero-order valence-corrected chi connectivity index (χ0v) is 14.2. The number of aliphatic hydroxyl groups excluding tert-OH is 1. The molecule has 1 amide bonds. The number of para-hydroxylation sites is 2. The van der Waals surface area contributed by atoms with Gasteiger partial charge in [0, 0.05) is 17.9 Å². The van der Waals surface area contributed by atoms with Crippen molar-refractivity contribution in [2.75, 3.05) is 17.2 Å². The summed E-state index contributed by atoms with van der Waals surface area (Å²) in [5.41, 5.74) is 3.67. The van der Waals surface area contributed by atoms with Gasteiger partial charge in [0.1, 0.15) is 12.4 Å². The molecule has 0 aliphatic rings. The van der Waals surface area contributed by atoms with E-state index in [4.69, 9.17) is 10.1 Å². The van der Waals surface area contributed by atoms with Crippen LogP contribution in [-0.4, -0.2) is 27.2 Å². The predicted octanol–water partition coefficient (Wildman–Crippen LogP) is 2.99. The summed E-state index contributed by atoms with van der Waals surface area (Å²) in [6, 6.07) is 15.5. The van der Waals surface area contributed by atoms with Crippen LogP contribution in [0.2, 0.25) is 0 Å². The van der Waals surface area contributed by atoms with Gasteiger partial charge in [-0.2, -0.15) is 0 Å². The van der Waals surface area contributed by atoms with Crippen LogP contribution in [0.25, 0.3) is 11.0 Å². The van der Waals surface area contributed by atoms with E-state index in [-0.39, 0.29) is 0 Å². The predicted molar refractivity (Wildman–Crippen MR) is 99.5 cm³/mol.